The van der Waals surface area contributed by atoms with E-state index in [1.165, 1.54) is 29.7 Å². The second-order valence-corrected chi connectivity index (χ2v) is 6.74. The molecule has 0 aromatic heterocycles. The van der Waals surface area contributed by atoms with E-state index in [4.69, 9.17) is 0 Å². The zero-order valence-electron chi connectivity index (χ0n) is 13.7. The Balaban J connectivity index is 2.22. The van der Waals surface area contributed by atoms with Gasteiger partial charge in [0.1, 0.15) is 0 Å². The molecule has 0 spiro atoms. The number of hydrogen-bond acceptors (Lipinski definition) is 2. The van der Waals surface area contributed by atoms with Gasteiger partial charge in [-0.25, -0.2) is 0 Å². The SMILES string of the molecule is CCC1CNC(CC(C)C)CN1c1cc(C)ccc1C. The van der Waals surface area contributed by atoms with Crippen molar-refractivity contribution >= 4 is 5.69 Å². The second-order valence-electron chi connectivity index (χ2n) is 6.74. The van der Waals surface area contributed by atoms with E-state index in [1.54, 1.807) is 0 Å². The molecular formula is C18H30N2. The Morgan fingerprint density at radius 3 is 2.70 bits per heavy atom. The highest BCUT2D eigenvalue weighted by Gasteiger charge is 2.28. The smallest absolute Gasteiger partial charge is 0.0412 e. The first-order valence-electron chi connectivity index (χ1n) is 8.08. The van der Waals surface area contributed by atoms with Gasteiger partial charge in [0, 0.05) is 30.9 Å². The largest absolute Gasteiger partial charge is 0.365 e. The van der Waals surface area contributed by atoms with Crippen molar-refractivity contribution in [3.63, 3.8) is 0 Å². The zero-order chi connectivity index (χ0) is 14.7. The molecule has 112 valence electrons. The summed E-state index contributed by atoms with van der Waals surface area (Å²) in [6.45, 7) is 13.6. The minimum Gasteiger partial charge on any atom is -0.365 e. The first-order valence-corrected chi connectivity index (χ1v) is 8.08. The minimum absolute atomic E-state index is 0.623. The van der Waals surface area contributed by atoms with Crippen LogP contribution >= 0.6 is 0 Å². The Kier molecular flexibility index (Phi) is 5.09. The van der Waals surface area contributed by atoms with E-state index in [2.05, 4.69) is 63.0 Å². The Morgan fingerprint density at radius 2 is 2.05 bits per heavy atom. The van der Waals surface area contributed by atoms with Gasteiger partial charge >= 0.3 is 0 Å². The van der Waals surface area contributed by atoms with Crippen molar-refractivity contribution in [3.8, 4) is 0 Å². The molecular weight excluding hydrogens is 244 g/mol. The van der Waals surface area contributed by atoms with Crippen LogP contribution in [0.25, 0.3) is 0 Å². The number of rotatable bonds is 4. The lowest BCUT2D eigenvalue weighted by Crippen LogP contribution is -2.57. The van der Waals surface area contributed by atoms with E-state index in [0.29, 0.717) is 12.1 Å². The van der Waals surface area contributed by atoms with Crippen LogP contribution in [0.2, 0.25) is 0 Å². The Bertz CT molecular complexity index is 439. The van der Waals surface area contributed by atoms with Crippen molar-refractivity contribution in [3.05, 3.63) is 29.3 Å². The molecule has 1 N–H and O–H groups in total. The number of benzene rings is 1. The van der Waals surface area contributed by atoms with E-state index in [1.807, 2.05) is 0 Å². The van der Waals surface area contributed by atoms with E-state index in [-0.39, 0.29) is 0 Å². The lowest BCUT2D eigenvalue weighted by Gasteiger charge is -2.43. The molecule has 1 fully saturated rings. The third-order valence-electron chi connectivity index (χ3n) is 4.40. The van der Waals surface area contributed by atoms with Gasteiger partial charge < -0.3 is 10.2 Å². The molecule has 0 bridgehead atoms. The van der Waals surface area contributed by atoms with E-state index < -0.39 is 0 Å². The van der Waals surface area contributed by atoms with Gasteiger partial charge in [0.05, 0.1) is 0 Å². The molecule has 2 nitrogen and oxygen atoms in total. The fraction of sp³-hybridized carbons (Fsp3) is 0.667. The molecule has 0 saturated carbocycles. The third kappa shape index (κ3) is 3.54. The summed E-state index contributed by atoms with van der Waals surface area (Å²) in [6.07, 6.45) is 2.46. The molecule has 2 rings (SSSR count). The van der Waals surface area contributed by atoms with Crippen LogP contribution in [0.15, 0.2) is 18.2 Å². The van der Waals surface area contributed by atoms with Crippen molar-refractivity contribution in [2.45, 2.75) is 59.5 Å². The lowest BCUT2D eigenvalue weighted by atomic mass is 9.97. The first kappa shape index (κ1) is 15.4. The van der Waals surface area contributed by atoms with Gasteiger partial charge in [0.15, 0.2) is 0 Å². The maximum absolute atomic E-state index is 3.74. The van der Waals surface area contributed by atoms with Gasteiger partial charge in [-0.2, -0.15) is 0 Å². The van der Waals surface area contributed by atoms with Crippen LogP contribution < -0.4 is 10.2 Å². The maximum atomic E-state index is 3.74. The third-order valence-corrected chi connectivity index (χ3v) is 4.40. The van der Waals surface area contributed by atoms with Gasteiger partial charge in [-0.05, 0) is 49.8 Å². The Morgan fingerprint density at radius 1 is 1.30 bits per heavy atom. The number of nitrogens with zero attached hydrogens (tertiary/aromatic N) is 1. The summed E-state index contributed by atoms with van der Waals surface area (Å²) in [7, 11) is 0. The second kappa shape index (κ2) is 6.62. The highest BCUT2D eigenvalue weighted by molar-refractivity contribution is 5.56. The Labute approximate surface area is 124 Å². The number of anilines is 1. The minimum atomic E-state index is 0.623. The average Bonchev–Trinajstić information content (AvgIpc) is 2.41. The molecule has 0 amide bonds. The number of nitrogens with one attached hydrogen (secondary N) is 1. The topological polar surface area (TPSA) is 15.3 Å². The first-order chi connectivity index (χ1) is 9.51. The fourth-order valence-corrected chi connectivity index (χ4v) is 3.28. The monoisotopic (exact) mass is 274 g/mol. The summed E-state index contributed by atoms with van der Waals surface area (Å²) in [5.41, 5.74) is 4.20. The molecule has 1 saturated heterocycles. The van der Waals surface area contributed by atoms with Gasteiger partial charge in [-0.1, -0.05) is 32.9 Å². The fourth-order valence-electron chi connectivity index (χ4n) is 3.28. The molecule has 0 aliphatic carbocycles. The summed E-state index contributed by atoms with van der Waals surface area (Å²) >= 11 is 0. The summed E-state index contributed by atoms with van der Waals surface area (Å²) < 4.78 is 0. The van der Waals surface area contributed by atoms with Crippen LogP contribution in [0.5, 0.6) is 0 Å². The van der Waals surface area contributed by atoms with Crippen molar-refractivity contribution in [1.82, 2.24) is 5.32 Å². The van der Waals surface area contributed by atoms with Crippen LogP contribution in [-0.2, 0) is 0 Å². The van der Waals surface area contributed by atoms with Gasteiger partial charge in [-0.15, -0.1) is 0 Å². The molecule has 0 radical (unpaired) electrons. The molecule has 20 heavy (non-hydrogen) atoms. The Hall–Kier alpha value is -1.02. The summed E-state index contributed by atoms with van der Waals surface area (Å²) in [5, 5.41) is 3.74. The van der Waals surface area contributed by atoms with E-state index in [9.17, 15) is 0 Å². The molecule has 1 aliphatic rings. The highest BCUT2D eigenvalue weighted by atomic mass is 15.2. The predicted molar refractivity (Wildman–Crippen MR) is 88.6 cm³/mol. The molecule has 2 unspecified atom stereocenters. The predicted octanol–water partition coefficient (Wildman–Crippen LogP) is 3.91. The summed E-state index contributed by atoms with van der Waals surface area (Å²) in [4.78, 5) is 2.64. The van der Waals surface area contributed by atoms with Gasteiger partial charge in [0.2, 0.25) is 0 Å². The molecule has 2 heteroatoms. The standard InChI is InChI=1S/C18H30N2/c1-6-17-11-19-16(9-13(2)3)12-20(17)18-10-14(4)7-8-15(18)5/h7-8,10,13,16-17,19H,6,9,11-12H2,1-5H3. The molecule has 1 aliphatic heterocycles. The van der Waals surface area contributed by atoms with Crippen LogP contribution in [0.4, 0.5) is 5.69 Å². The van der Waals surface area contributed by atoms with Gasteiger partial charge in [-0.3, -0.25) is 0 Å². The molecule has 1 heterocycles. The molecule has 1 aromatic rings. The van der Waals surface area contributed by atoms with Crippen LogP contribution in [-0.4, -0.2) is 25.2 Å². The summed E-state index contributed by atoms with van der Waals surface area (Å²) in [6, 6.07) is 8.08. The van der Waals surface area contributed by atoms with Crippen LogP contribution in [0.1, 0.15) is 44.7 Å². The average molecular weight is 274 g/mol. The zero-order valence-corrected chi connectivity index (χ0v) is 13.7. The van der Waals surface area contributed by atoms with Gasteiger partial charge in [0.25, 0.3) is 0 Å². The maximum Gasteiger partial charge on any atom is 0.0412 e. The summed E-state index contributed by atoms with van der Waals surface area (Å²) in [5.74, 6) is 0.756. The van der Waals surface area contributed by atoms with Crippen molar-refractivity contribution in [1.29, 1.82) is 0 Å². The van der Waals surface area contributed by atoms with Crippen molar-refractivity contribution in [2.75, 3.05) is 18.0 Å². The van der Waals surface area contributed by atoms with E-state index in [0.717, 1.165) is 19.0 Å². The highest BCUT2D eigenvalue weighted by Crippen LogP contribution is 2.27. The number of aryl methyl sites for hydroxylation is 2. The quantitative estimate of drug-likeness (QED) is 0.895. The number of piperazine rings is 1. The van der Waals surface area contributed by atoms with Crippen molar-refractivity contribution < 1.29 is 0 Å². The normalized spacial score (nSPS) is 23.4. The lowest BCUT2D eigenvalue weighted by molar-refractivity contribution is 0.343. The van der Waals surface area contributed by atoms with Crippen molar-refractivity contribution in [2.24, 2.45) is 5.92 Å². The van der Waals surface area contributed by atoms with Crippen LogP contribution in [0, 0.1) is 19.8 Å². The molecule has 2 atom stereocenters. The van der Waals surface area contributed by atoms with Crippen LogP contribution in [0.3, 0.4) is 0 Å². The molecule has 1 aromatic carbocycles. The van der Waals surface area contributed by atoms with E-state index >= 15 is 0 Å². The number of hydrogen-bond donors (Lipinski definition) is 1.